The monoisotopic (exact) mass is 431 g/mol. The molecule has 0 aliphatic carbocycles. The highest BCUT2D eigenvalue weighted by atomic mass is 32.1. The van der Waals surface area contributed by atoms with Gasteiger partial charge in [-0.05, 0) is 25.1 Å². The van der Waals surface area contributed by atoms with Gasteiger partial charge < -0.3 is 4.90 Å². The summed E-state index contributed by atoms with van der Waals surface area (Å²) in [5.74, 6) is 0.274. The lowest BCUT2D eigenvalue weighted by molar-refractivity contribution is -0.129. The van der Waals surface area contributed by atoms with Crippen molar-refractivity contribution in [2.24, 2.45) is 0 Å². The van der Waals surface area contributed by atoms with E-state index in [4.69, 9.17) is 0 Å². The van der Waals surface area contributed by atoms with E-state index >= 15 is 0 Å². The summed E-state index contributed by atoms with van der Waals surface area (Å²) in [7, 11) is 1.72. The van der Waals surface area contributed by atoms with Gasteiger partial charge in [-0.15, -0.1) is 11.3 Å². The standard InChI is InChI=1S/C23H21N5O2S/c1-15-18-10-6-7-11-19(18)26-20(24-15)13-28(2)21(29)12-17-14-31-23(25-17)27-22(30)16-8-4-3-5-9-16/h3-11,14H,12-13H2,1-2H3,(H,25,27,30). The fourth-order valence-corrected chi connectivity index (χ4v) is 3.87. The van der Waals surface area contributed by atoms with E-state index < -0.39 is 0 Å². The van der Waals surface area contributed by atoms with Gasteiger partial charge >= 0.3 is 0 Å². The Morgan fingerprint density at radius 2 is 1.74 bits per heavy atom. The van der Waals surface area contributed by atoms with Gasteiger partial charge in [-0.2, -0.15) is 0 Å². The van der Waals surface area contributed by atoms with Gasteiger partial charge in [0.2, 0.25) is 5.91 Å². The number of carbonyl (C=O) groups excluding carboxylic acids is 2. The number of likely N-dealkylation sites (N-methyl/N-ethyl adjacent to an activating group) is 1. The lowest BCUT2D eigenvalue weighted by atomic mass is 10.2. The lowest BCUT2D eigenvalue weighted by Gasteiger charge is -2.16. The molecule has 2 amide bonds. The van der Waals surface area contributed by atoms with E-state index in [1.807, 2.05) is 37.3 Å². The van der Waals surface area contributed by atoms with Crippen LogP contribution in [0.1, 0.15) is 27.6 Å². The summed E-state index contributed by atoms with van der Waals surface area (Å²) in [6, 6.07) is 16.7. The maximum absolute atomic E-state index is 12.7. The van der Waals surface area contributed by atoms with Crippen LogP contribution in [0.4, 0.5) is 5.13 Å². The number of fused-ring (bicyclic) bond motifs is 1. The van der Waals surface area contributed by atoms with E-state index in [2.05, 4.69) is 20.3 Å². The fraction of sp³-hybridized carbons (Fsp3) is 0.174. The number of amides is 2. The van der Waals surface area contributed by atoms with Crippen LogP contribution in [0.5, 0.6) is 0 Å². The summed E-state index contributed by atoms with van der Waals surface area (Å²) >= 11 is 1.30. The van der Waals surface area contributed by atoms with Crippen LogP contribution in [0.15, 0.2) is 60.0 Å². The average Bonchev–Trinajstić information content (AvgIpc) is 3.21. The summed E-state index contributed by atoms with van der Waals surface area (Å²) in [4.78, 5) is 40.0. The molecule has 0 radical (unpaired) electrons. The Morgan fingerprint density at radius 3 is 2.55 bits per heavy atom. The molecule has 4 aromatic rings. The van der Waals surface area contributed by atoms with Gasteiger partial charge in [0.15, 0.2) is 5.13 Å². The Balaban J connectivity index is 1.38. The van der Waals surface area contributed by atoms with Crippen LogP contribution in [0, 0.1) is 6.92 Å². The van der Waals surface area contributed by atoms with Crippen LogP contribution in [0.2, 0.25) is 0 Å². The quantitative estimate of drug-likeness (QED) is 0.501. The van der Waals surface area contributed by atoms with Crippen molar-refractivity contribution in [3.05, 3.63) is 82.8 Å². The third-order valence-corrected chi connectivity index (χ3v) is 5.59. The van der Waals surface area contributed by atoms with Crippen molar-refractivity contribution >= 4 is 39.2 Å². The average molecular weight is 432 g/mol. The van der Waals surface area contributed by atoms with Crippen molar-refractivity contribution in [2.45, 2.75) is 19.9 Å². The van der Waals surface area contributed by atoms with Crippen LogP contribution in [0.3, 0.4) is 0 Å². The first-order valence-corrected chi connectivity index (χ1v) is 10.6. The largest absolute Gasteiger partial charge is 0.338 e. The second-order valence-electron chi connectivity index (χ2n) is 7.13. The third-order valence-electron chi connectivity index (χ3n) is 4.78. The molecule has 156 valence electrons. The molecule has 4 rings (SSSR count). The molecular weight excluding hydrogens is 410 g/mol. The maximum Gasteiger partial charge on any atom is 0.257 e. The first-order valence-electron chi connectivity index (χ1n) is 9.76. The molecule has 0 saturated carbocycles. The molecule has 1 N–H and O–H groups in total. The number of hydrogen-bond acceptors (Lipinski definition) is 6. The fourth-order valence-electron chi connectivity index (χ4n) is 3.16. The van der Waals surface area contributed by atoms with Crippen molar-refractivity contribution < 1.29 is 9.59 Å². The molecule has 0 fully saturated rings. The SMILES string of the molecule is Cc1nc(CN(C)C(=O)Cc2csc(NC(=O)c3ccccc3)n2)nc2ccccc12. The van der Waals surface area contributed by atoms with Gasteiger partial charge in [0.05, 0.1) is 24.2 Å². The number of aryl methyl sites for hydroxylation is 1. The number of hydrogen-bond donors (Lipinski definition) is 1. The van der Waals surface area contributed by atoms with E-state index in [0.717, 1.165) is 16.6 Å². The minimum Gasteiger partial charge on any atom is -0.338 e. The van der Waals surface area contributed by atoms with Gasteiger partial charge in [0.1, 0.15) is 5.82 Å². The third kappa shape index (κ3) is 4.92. The number of para-hydroxylation sites is 1. The van der Waals surface area contributed by atoms with Crippen molar-refractivity contribution in [1.82, 2.24) is 19.9 Å². The van der Waals surface area contributed by atoms with E-state index in [9.17, 15) is 9.59 Å². The zero-order valence-electron chi connectivity index (χ0n) is 17.2. The Labute approximate surface area is 183 Å². The van der Waals surface area contributed by atoms with Crippen LogP contribution in [0.25, 0.3) is 10.9 Å². The highest BCUT2D eigenvalue weighted by Gasteiger charge is 2.16. The minimum atomic E-state index is -0.228. The molecule has 2 aromatic carbocycles. The van der Waals surface area contributed by atoms with E-state index in [0.29, 0.717) is 28.8 Å². The normalized spacial score (nSPS) is 10.8. The predicted octanol–water partition coefficient (Wildman–Crippen LogP) is 3.85. The number of thiazole rings is 1. The van der Waals surface area contributed by atoms with Crippen molar-refractivity contribution in [1.29, 1.82) is 0 Å². The van der Waals surface area contributed by atoms with Crippen molar-refractivity contribution in [3.63, 3.8) is 0 Å². The van der Waals surface area contributed by atoms with Crippen molar-refractivity contribution in [3.8, 4) is 0 Å². The van der Waals surface area contributed by atoms with Crippen LogP contribution < -0.4 is 5.32 Å². The summed E-state index contributed by atoms with van der Waals surface area (Å²) in [6.07, 6.45) is 0.140. The Morgan fingerprint density at radius 1 is 1.00 bits per heavy atom. The topological polar surface area (TPSA) is 88.1 Å². The minimum absolute atomic E-state index is 0.0966. The number of benzene rings is 2. The zero-order chi connectivity index (χ0) is 21.8. The van der Waals surface area contributed by atoms with Gasteiger partial charge in [0.25, 0.3) is 5.91 Å². The highest BCUT2D eigenvalue weighted by molar-refractivity contribution is 7.14. The number of carbonyl (C=O) groups is 2. The lowest BCUT2D eigenvalue weighted by Crippen LogP contribution is -2.28. The number of nitrogens with one attached hydrogen (secondary N) is 1. The molecule has 0 spiro atoms. The molecular formula is C23H21N5O2S. The number of anilines is 1. The number of rotatable bonds is 6. The number of aromatic nitrogens is 3. The van der Waals surface area contributed by atoms with Crippen LogP contribution in [-0.2, 0) is 17.8 Å². The molecule has 0 aliphatic rings. The molecule has 0 aliphatic heterocycles. The van der Waals surface area contributed by atoms with E-state index in [1.54, 1.807) is 41.6 Å². The molecule has 7 nitrogen and oxygen atoms in total. The first kappa shape index (κ1) is 20.6. The van der Waals surface area contributed by atoms with Crippen molar-refractivity contribution in [2.75, 3.05) is 12.4 Å². The Kier molecular flexibility index (Phi) is 5.99. The number of nitrogens with zero attached hydrogens (tertiary/aromatic N) is 4. The van der Waals surface area contributed by atoms with Crippen LogP contribution in [-0.4, -0.2) is 38.7 Å². The second kappa shape index (κ2) is 9.01. The second-order valence-corrected chi connectivity index (χ2v) is 7.99. The van der Waals surface area contributed by atoms with Gasteiger partial charge in [0, 0.05) is 29.1 Å². The molecule has 2 heterocycles. The van der Waals surface area contributed by atoms with E-state index in [1.165, 1.54) is 11.3 Å². The maximum atomic E-state index is 12.7. The van der Waals surface area contributed by atoms with Crippen LogP contribution >= 0.6 is 11.3 Å². The summed E-state index contributed by atoms with van der Waals surface area (Å²) in [5, 5.41) is 6.02. The molecule has 0 saturated heterocycles. The Bertz CT molecular complexity index is 1240. The molecule has 0 atom stereocenters. The van der Waals surface area contributed by atoms with Gasteiger partial charge in [-0.3, -0.25) is 14.9 Å². The van der Waals surface area contributed by atoms with Gasteiger partial charge in [-0.25, -0.2) is 15.0 Å². The summed E-state index contributed by atoms with van der Waals surface area (Å²) < 4.78 is 0. The molecule has 2 aromatic heterocycles. The smallest absolute Gasteiger partial charge is 0.257 e. The molecule has 0 bridgehead atoms. The first-order chi connectivity index (χ1) is 15.0. The zero-order valence-corrected chi connectivity index (χ0v) is 18.0. The van der Waals surface area contributed by atoms with E-state index in [-0.39, 0.29) is 18.2 Å². The molecule has 0 unspecified atom stereocenters. The summed E-state index contributed by atoms with van der Waals surface area (Å²) in [5.41, 5.74) is 2.92. The highest BCUT2D eigenvalue weighted by Crippen LogP contribution is 2.18. The van der Waals surface area contributed by atoms with Gasteiger partial charge in [-0.1, -0.05) is 36.4 Å². The summed E-state index contributed by atoms with van der Waals surface area (Å²) in [6.45, 7) is 2.25. The molecule has 31 heavy (non-hydrogen) atoms. The Hall–Kier alpha value is -3.65. The molecule has 8 heteroatoms. The predicted molar refractivity (Wildman–Crippen MR) is 121 cm³/mol.